The summed E-state index contributed by atoms with van der Waals surface area (Å²) in [5, 5.41) is 46.3. The molecule has 4 aliphatic heterocycles. The second-order valence-corrected chi connectivity index (χ2v) is 23.6. The van der Waals surface area contributed by atoms with Crippen molar-refractivity contribution in [3.8, 4) is 39.4 Å². The lowest BCUT2D eigenvalue weighted by Gasteiger charge is -2.47. The van der Waals surface area contributed by atoms with E-state index in [-0.39, 0.29) is 48.5 Å². The number of nitrogens with two attached hydrogens (primary N) is 1. The van der Waals surface area contributed by atoms with Crippen LogP contribution >= 0.6 is 0 Å². The van der Waals surface area contributed by atoms with E-state index in [4.69, 9.17) is 20.1 Å². The fourth-order valence-corrected chi connectivity index (χ4v) is 13.1. The molecular formula is C60H79N13O6. The van der Waals surface area contributed by atoms with Crippen LogP contribution in [-0.2, 0) is 21.4 Å². The summed E-state index contributed by atoms with van der Waals surface area (Å²) in [6, 6.07) is 20.6. The molecule has 5 N–H and O–H groups in total. The molecule has 19 nitrogen and oxygen atoms in total. The third kappa shape index (κ3) is 12.0. The number of para-hydroxylation sites is 1. The van der Waals surface area contributed by atoms with Crippen LogP contribution in [0.15, 0.2) is 89.8 Å². The van der Waals surface area contributed by atoms with Gasteiger partial charge in [-0.15, -0.1) is 10.2 Å². The largest absolute Gasteiger partial charge is 0.507 e. The molecule has 1 unspecified atom stereocenters. The van der Waals surface area contributed by atoms with Crippen molar-refractivity contribution in [1.82, 2.24) is 54.9 Å². The fourth-order valence-electron chi connectivity index (χ4n) is 13.1. The number of aromatic hydroxyl groups is 1. The number of likely N-dealkylation sites (tertiary alicyclic amines) is 3. The number of ether oxygens (including phenoxy) is 1. The van der Waals surface area contributed by atoms with Gasteiger partial charge >= 0.3 is 0 Å². The second-order valence-electron chi connectivity index (χ2n) is 23.6. The van der Waals surface area contributed by atoms with Crippen molar-refractivity contribution in [2.75, 3.05) is 63.0 Å². The molecule has 5 atom stereocenters. The summed E-state index contributed by atoms with van der Waals surface area (Å²) >= 11 is 0. The molecular weight excluding hydrogens is 999 g/mol. The second kappa shape index (κ2) is 23.6. The van der Waals surface area contributed by atoms with Crippen molar-refractivity contribution in [2.45, 2.75) is 134 Å². The van der Waals surface area contributed by atoms with Gasteiger partial charge < -0.3 is 50.1 Å². The fraction of sp³-hybridized carbons (Fsp3) is 0.550. The summed E-state index contributed by atoms with van der Waals surface area (Å²) in [4.78, 5) is 37.4. The minimum Gasteiger partial charge on any atom is -0.507 e. The lowest BCUT2D eigenvalue weighted by atomic mass is 9.83. The predicted molar refractivity (Wildman–Crippen MR) is 301 cm³/mol. The van der Waals surface area contributed by atoms with Crippen LogP contribution in [0.1, 0.15) is 115 Å². The Bertz CT molecular complexity index is 3020. The monoisotopic (exact) mass is 1080 g/mol. The molecule has 19 heteroatoms. The highest BCUT2D eigenvalue weighted by Gasteiger charge is 2.44. The van der Waals surface area contributed by atoms with Crippen LogP contribution in [0, 0.1) is 17.8 Å². The van der Waals surface area contributed by atoms with E-state index in [0.717, 1.165) is 131 Å². The Morgan fingerprint density at radius 1 is 0.835 bits per heavy atom. The standard InChI is InChI=1S/C60H79N13O6/c1-37(2)57(60(77)72-36-46(74)30-53(72)59(76)64-38(3)41-10-12-43(13-11-41)52-14-21-62-68(52)5)55-32-56(67-79-55)71-24-15-40(16-25-71)34-69-22-19-47(20-23-69)78-48-28-45(29-48)70-26-17-42(18-27-70)39(4)73-35-44(33-63-73)50-31-51(65-66-58(50)61)49-8-6-7-9-54(49)75/h6-14,21,31-33,35,37-40,42,45-48,53,57,74-75H,15-20,22-30,34,36H2,1-5H3,(H2,61,66)(H,64,76)/t38-,39?,45?,46+,48?,53-,57+/m0/s1. The number of phenolic OH excluding ortho intramolecular Hbond substituents is 1. The molecule has 1 aliphatic carbocycles. The van der Waals surface area contributed by atoms with Gasteiger partial charge in [0.15, 0.2) is 17.4 Å². The average Bonchev–Trinajstić information content (AvgIpc) is 4.41. The summed E-state index contributed by atoms with van der Waals surface area (Å²) in [5.41, 5.74) is 12.1. The smallest absolute Gasteiger partial charge is 0.243 e. The number of hydrogen-bond acceptors (Lipinski definition) is 15. The normalized spacial score (nSPS) is 23.2. The van der Waals surface area contributed by atoms with E-state index in [2.05, 4.69) is 58.3 Å². The van der Waals surface area contributed by atoms with Crippen molar-refractivity contribution in [1.29, 1.82) is 0 Å². The number of aliphatic hydroxyl groups excluding tert-OH is 1. The number of nitrogens with zero attached hydrogens (tertiary/aromatic N) is 11. The van der Waals surface area contributed by atoms with Crippen molar-refractivity contribution in [3.05, 3.63) is 96.6 Å². The van der Waals surface area contributed by atoms with E-state index in [9.17, 15) is 19.8 Å². The van der Waals surface area contributed by atoms with Gasteiger partial charge in [-0.25, -0.2) is 0 Å². The van der Waals surface area contributed by atoms with Gasteiger partial charge in [0.25, 0.3) is 0 Å². The first-order valence-electron chi connectivity index (χ1n) is 28.9. The quantitative estimate of drug-likeness (QED) is 0.0696. The van der Waals surface area contributed by atoms with Gasteiger partial charge in [-0.2, -0.15) is 10.2 Å². The summed E-state index contributed by atoms with van der Waals surface area (Å²) in [6.45, 7) is 15.4. The topological polar surface area (TPSA) is 222 Å². The molecule has 420 valence electrons. The van der Waals surface area contributed by atoms with Gasteiger partial charge in [-0.05, 0) is 131 Å². The van der Waals surface area contributed by atoms with E-state index in [1.54, 1.807) is 23.2 Å². The molecule has 6 aromatic rings. The molecule has 79 heavy (non-hydrogen) atoms. The summed E-state index contributed by atoms with van der Waals surface area (Å²) in [7, 11) is 1.90. The number of phenols is 1. The average molecular weight is 1080 g/mol. The van der Waals surface area contributed by atoms with Crippen molar-refractivity contribution >= 4 is 23.5 Å². The number of piperidine rings is 3. The molecule has 2 aromatic carbocycles. The number of β-amino-alcohol motifs (C(OH)–C–C–N with tert-alkyl or cyclic N) is 1. The molecule has 5 fully saturated rings. The van der Waals surface area contributed by atoms with Crippen LogP contribution < -0.4 is 16.0 Å². The number of nitrogen functional groups attached to an aromatic ring is 1. The molecule has 5 aliphatic rings. The predicted octanol–water partition coefficient (Wildman–Crippen LogP) is 7.46. The highest BCUT2D eigenvalue weighted by atomic mass is 16.5. The van der Waals surface area contributed by atoms with Crippen LogP contribution in [0.4, 0.5) is 11.6 Å². The zero-order valence-electron chi connectivity index (χ0n) is 46.5. The molecule has 0 radical (unpaired) electrons. The minimum atomic E-state index is -0.800. The van der Waals surface area contributed by atoms with Gasteiger partial charge in [0.2, 0.25) is 11.8 Å². The summed E-state index contributed by atoms with van der Waals surface area (Å²) in [5.74, 6) is 1.57. The number of carbonyl (C=O) groups excluding carboxylic acids is 2. The number of carbonyl (C=O) groups is 2. The number of rotatable bonds is 17. The van der Waals surface area contributed by atoms with E-state index in [1.165, 1.54) is 0 Å². The molecule has 2 amide bonds. The van der Waals surface area contributed by atoms with Crippen molar-refractivity contribution in [3.63, 3.8) is 0 Å². The summed E-state index contributed by atoms with van der Waals surface area (Å²) < 4.78 is 16.6. The highest BCUT2D eigenvalue weighted by molar-refractivity contribution is 5.91. The molecule has 0 bridgehead atoms. The number of nitrogens with one attached hydrogen (secondary N) is 1. The van der Waals surface area contributed by atoms with Gasteiger partial charge in [0.05, 0.1) is 48.0 Å². The Morgan fingerprint density at radius 3 is 2.29 bits per heavy atom. The maximum Gasteiger partial charge on any atom is 0.243 e. The number of aryl methyl sites for hydroxylation is 1. The number of benzene rings is 2. The molecule has 4 aromatic heterocycles. The van der Waals surface area contributed by atoms with Crippen molar-refractivity contribution < 1.29 is 29.1 Å². The van der Waals surface area contributed by atoms with Crippen LogP contribution in [0.5, 0.6) is 5.75 Å². The first-order valence-corrected chi connectivity index (χ1v) is 28.9. The number of anilines is 2. The molecule has 4 saturated heterocycles. The van der Waals surface area contributed by atoms with E-state index < -0.39 is 18.1 Å². The van der Waals surface area contributed by atoms with E-state index in [1.807, 2.05) is 93.3 Å². The minimum absolute atomic E-state index is 0.0869. The zero-order chi connectivity index (χ0) is 54.9. The third-order valence-corrected chi connectivity index (χ3v) is 18.1. The number of aliphatic hydroxyl groups is 1. The van der Waals surface area contributed by atoms with Gasteiger partial charge in [0.1, 0.15) is 17.7 Å². The van der Waals surface area contributed by atoms with Gasteiger partial charge in [-0.1, -0.05) is 55.4 Å². The molecule has 8 heterocycles. The third-order valence-electron chi connectivity index (χ3n) is 18.1. The van der Waals surface area contributed by atoms with E-state index in [0.29, 0.717) is 52.9 Å². The van der Waals surface area contributed by atoms with E-state index >= 15 is 0 Å². The number of hydrogen-bond donors (Lipinski definition) is 4. The maximum atomic E-state index is 14.4. The Balaban J connectivity index is 0.586. The summed E-state index contributed by atoms with van der Waals surface area (Å²) in [6.07, 6.45) is 14.6. The zero-order valence-corrected chi connectivity index (χ0v) is 46.5. The Kier molecular flexibility index (Phi) is 16.2. The first kappa shape index (κ1) is 54.3. The van der Waals surface area contributed by atoms with Gasteiger partial charge in [-0.3, -0.25) is 19.0 Å². The number of aromatic nitrogens is 7. The molecule has 11 rings (SSSR count). The lowest BCUT2D eigenvalue weighted by Crippen LogP contribution is -2.52. The first-order chi connectivity index (χ1) is 38.2. The Morgan fingerprint density at radius 2 is 1.58 bits per heavy atom. The highest BCUT2D eigenvalue weighted by Crippen LogP contribution is 2.39. The van der Waals surface area contributed by atoms with Crippen LogP contribution in [0.3, 0.4) is 0 Å². The molecule has 0 spiro atoms. The maximum absolute atomic E-state index is 14.4. The van der Waals surface area contributed by atoms with Crippen LogP contribution in [-0.4, -0.2) is 154 Å². The van der Waals surface area contributed by atoms with Crippen LogP contribution in [0.2, 0.25) is 0 Å². The van der Waals surface area contributed by atoms with Crippen LogP contribution in [0.25, 0.3) is 33.6 Å². The molecule has 1 saturated carbocycles. The lowest BCUT2D eigenvalue weighted by molar-refractivity contribution is -0.141. The Hall–Kier alpha value is -6.67. The SMILES string of the molecule is CC(C)[C@@H](C(=O)N1C[C@H](O)C[C@H]1C(=O)N[C@@H](C)c1ccc(-c2ccnn2C)cc1)c1cc(N2CCC(CN3CCC(OC4CC(N5CCC(C(C)n6cc(-c7cc(-c8ccccc8O)nnc7N)cn6)CC5)C4)CC3)CC2)no1. The van der Waals surface area contributed by atoms with Crippen molar-refractivity contribution in [2.24, 2.45) is 24.8 Å². The van der Waals surface area contributed by atoms with Gasteiger partial charge in [0, 0.05) is 93.9 Å². The Labute approximate surface area is 463 Å². The number of amides is 2.